The number of nitrogens with two attached hydrogens (primary N) is 1. The van der Waals surface area contributed by atoms with Gasteiger partial charge >= 0.3 is 0 Å². The summed E-state index contributed by atoms with van der Waals surface area (Å²) >= 11 is 0. The number of ketones is 1. The Hall–Kier alpha value is -1.25. The third kappa shape index (κ3) is 0.846. The minimum absolute atomic E-state index is 0.255. The molecule has 3 heteroatoms. The van der Waals surface area contributed by atoms with Gasteiger partial charge in [-0.15, -0.1) is 0 Å². The first-order valence-electron chi connectivity index (χ1n) is 5.32. The fourth-order valence-corrected chi connectivity index (χ4v) is 2.80. The first-order valence-corrected chi connectivity index (χ1v) is 5.32. The van der Waals surface area contributed by atoms with Crippen molar-refractivity contribution in [2.75, 3.05) is 5.73 Å². The van der Waals surface area contributed by atoms with Gasteiger partial charge < -0.3 is 10.3 Å². The molecule has 3 nitrogen and oxygen atoms in total. The third-order valence-electron chi connectivity index (χ3n) is 3.41. The molecule has 0 saturated heterocycles. The molecule has 1 aromatic rings. The lowest BCUT2D eigenvalue weighted by atomic mass is 9.95. The van der Waals surface area contributed by atoms with E-state index in [0.717, 1.165) is 37.1 Å². The number of fused-ring (bicyclic) bond motifs is 3. The molecule has 1 aliphatic carbocycles. The second kappa shape index (κ2) is 2.62. The standard InChI is InChI=1S/C11H14N2O/c12-11-8-4-2-6-13(8)7-3-1-5-9(14)10(7)11/h1-6,12H2. The summed E-state index contributed by atoms with van der Waals surface area (Å²) in [6, 6.07) is 0. The number of hydrogen-bond donors (Lipinski definition) is 1. The second-order valence-electron chi connectivity index (χ2n) is 4.21. The van der Waals surface area contributed by atoms with Crippen molar-refractivity contribution in [3.8, 4) is 0 Å². The van der Waals surface area contributed by atoms with Crippen molar-refractivity contribution in [1.29, 1.82) is 0 Å². The highest BCUT2D eigenvalue weighted by Gasteiger charge is 2.29. The summed E-state index contributed by atoms with van der Waals surface area (Å²) in [5.74, 6) is 0.255. The summed E-state index contributed by atoms with van der Waals surface area (Å²) in [4.78, 5) is 11.7. The topological polar surface area (TPSA) is 48.0 Å². The Morgan fingerprint density at radius 1 is 1.07 bits per heavy atom. The second-order valence-corrected chi connectivity index (χ2v) is 4.21. The summed E-state index contributed by atoms with van der Waals surface area (Å²) in [6.07, 6.45) is 4.94. The van der Waals surface area contributed by atoms with Crippen molar-refractivity contribution >= 4 is 11.5 Å². The number of carbonyl (C=O) groups excluding carboxylic acids is 1. The van der Waals surface area contributed by atoms with Crippen molar-refractivity contribution in [1.82, 2.24) is 4.57 Å². The molecule has 0 amide bonds. The lowest BCUT2D eigenvalue weighted by molar-refractivity contribution is 0.0972. The molecule has 0 fully saturated rings. The molecule has 0 aromatic carbocycles. The van der Waals surface area contributed by atoms with E-state index < -0.39 is 0 Å². The summed E-state index contributed by atoms with van der Waals surface area (Å²) in [6.45, 7) is 1.06. The predicted molar refractivity (Wildman–Crippen MR) is 54.4 cm³/mol. The number of aromatic nitrogens is 1. The zero-order valence-corrected chi connectivity index (χ0v) is 8.18. The monoisotopic (exact) mass is 190 g/mol. The normalized spacial score (nSPS) is 19.6. The molecule has 74 valence electrons. The van der Waals surface area contributed by atoms with Gasteiger partial charge in [-0.3, -0.25) is 4.79 Å². The Morgan fingerprint density at radius 2 is 1.86 bits per heavy atom. The molecule has 0 saturated carbocycles. The van der Waals surface area contributed by atoms with Crippen molar-refractivity contribution in [3.05, 3.63) is 17.0 Å². The Balaban J connectivity index is 2.27. The van der Waals surface area contributed by atoms with Crippen molar-refractivity contribution in [3.63, 3.8) is 0 Å². The van der Waals surface area contributed by atoms with Gasteiger partial charge in [-0.05, 0) is 25.7 Å². The molecule has 0 unspecified atom stereocenters. The number of anilines is 1. The average Bonchev–Trinajstić information content (AvgIpc) is 2.71. The van der Waals surface area contributed by atoms with E-state index in [1.807, 2.05) is 0 Å². The first kappa shape index (κ1) is 8.09. The maximum Gasteiger partial charge on any atom is 0.166 e. The first-order chi connectivity index (χ1) is 6.79. The number of Topliss-reactive ketones (excluding diaryl/α,β-unsaturated/α-hetero) is 1. The van der Waals surface area contributed by atoms with Gasteiger partial charge in [0.1, 0.15) is 0 Å². The van der Waals surface area contributed by atoms with Crippen molar-refractivity contribution < 1.29 is 4.79 Å². The highest BCUT2D eigenvalue weighted by atomic mass is 16.1. The summed E-state index contributed by atoms with van der Waals surface area (Å²) < 4.78 is 2.28. The van der Waals surface area contributed by atoms with Crippen LogP contribution in [0, 0.1) is 0 Å². The molecule has 2 heterocycles. The number of rotatable bonds is 0. The van der Waals surface area contributed by atoms with Crippen LogP contribution in [-0.2, 0) is 19.4 Å². The van der Waals surface area contributed by atoms with Gasteiger partial charge in [0.05, 0.1) is 11.3 Å². The molecular weight excluding hydrogens is 176 g/mol. The maximum atomic E-state index is 11.7. The fraction of sp³-hybridized carbons (Fsp3) is 0.545. The average molecular weight is 190 g/mol. The number of nitrogens with zero attached hydrogens (tertiary/aromatic N) is 1. The Kier molecular flexibility index (Phi) is 1.52. The van der Waals surface area contributed by atoms with E-state index in [1.165, 1.54) is 17.8 Å². The van der Waals surface area contributed by atoms with Gasteiger partial charge in [0.2, 0.25) is 0 Å². The molecule has 0 spiro atoms. The van der Waals surface area contributed by atoms with Gasteiger partial charge in [0.15, 0.2) is 5.78 Å². The van der Waals surface area contributed by atoms with Crippen LogP contribution in [0.25, 0.3) is 0 Å². The van der Waals surface area contributed by atoms with Crippen LogP contribution in [0.4, 0.5) is 5.69 Å². The molecule has 2 N–H and O–H groups in total. The van der Waals surface area contributed by atoms with Crippen LogP contribution in [0.1, 0.15) is 41.0 Å². The van der Waals surface area contributed by atoms with E-state index in [0.29, 0.717) is 6.42 Å². The molecule has 0 atom stereocenters. The third-order valence-corrected chi connectivity index (χ3v) is 3.41. The quantitative estimate of drug-likeness (QED) is 0.674. The molecule has 1 aromatic heterocycles. The van der Waals surface area contributed by atoms with Crippen molar-refractivity contribution in [2.24, 2.45) is 0 Å². The summed E-state index contributed by atoms with van der Waals surface area (Å²) in [7, 11) is 0. The number of nitrogen functional groups attached to an aromatic ring is 1. The zero-order chi connectivity index (χ0) is 9.71. The Morgan fingerprint density at radius 3 is 2.71 bits per heavy atom. The van der Waals surface area contributed by atoms with E-state index in [1.54, 1.807) is 0 Å². The molecular formula is C11H14N2O. The van der Waals surface area contributed by atoms with Gasteiger partial charge in [-0.2, -0.15) is 0 Å². The molecule has 1 aliphatic heterocycles. The number of carbonyl (C=O) groups is 1. The molecule has 14 heavy (non-hydrogen) atoms. The van der Waals surface area contributed by atoms with Gasteiger partial charge in [-0.25, -0.2) is 0 Å². The Bertz CT molecular complexity index is 417. The van der Waals surface area contributed by atoms with Crippen LogP contribution in [0.15, 0.2) is 0 Å². The highest BCUT2D eigenvalue weighted by Crippen LogP contribution is 2.35. The van der Waals surface area contributed by atoms with Gasteiger partial charge in [0.25, 0.3) is 0 Å². The van der Waals surface area contributed by atoms with E-state index in [-0.39, 0.29) is 5.78 Å². The van der Waals surface area contributed by atoms with Crippen LogP contribution in [-0.4, -0.2) is 10.4 Å². The fourth-order valence-electron chi connectivity index (χ4n) is 2.80. The minimum Gasteiger partial charge on any atom is -0.397 e. The maximum absolute atomic E-state index is 11.7. The van der Waals surface area contributed by atoms with Gasteiger partial charge in [0, 0.05) is 24.4 Å². The highest BCUT2D eigenvalue weighted by molar-refractivity contribution is 6.03. The van der Waals surface area contributed by atoms with Crippen LogP contribution >= 0.6 is 0 Å². The van der Waals surface area contributed by atoms with Crippen molar-refractivity contribution in [2.45, 2.75) is 38.6 Å². The van der Waals surface area contributed by atoms with E-state index in [4.69, 9.17) is 5.73 Å². The van der Waals surface area contributed by atoms with Crippen LogP contribution in [0.2, 0.25) is 0 Å². The summed E-state index contributed by atoms with van der Waals surface area (Å²) in [5, 5.41) is 0. The molecule has 2 aliphatic rings. The van der Waals surface area contributed by atoms with Crippen LogP contribution < -0.4 is 5.73 Å². The largest absolute Gasteiger partial charge is 0.397 e. The predicted octanol–water partition coefficient (Wildman–Crippen LogP) is 1.54. The molecule has 0 bridgehead atoms. The SMILES string of the molecule is Nc1c2c(n3c1CCC3)CCCC2=O. The smallest absolute Gasteiger partial charge is 0.166 e. The van der Waals surface area contributed by atoms with E-state index >= 15 is 0 Å². The summed E-state index contributed by atoms with van der Waals surface area (Å²) in [5.41, 5.74) is 10.1. The minimum atomic E-state index is 0.255. The lowest BCUT2D eigenvalue weighted by Crippen LogP contribution is -2.13. The zero-order valence-electron chi connectivity index (χ0n) is 8.18. The van der Waals surface area contributed by atoms with E-state index in [2.05, 4.69) is 4.57 Å². The lowest BCUT2D eigenvalue weighted by Gasteiger charge is -2.13. The molecule has 0 radical (unpaired) electrons. The van der Waals surface area contributed by atoms with Gasteiger partial charge in [-0.1, -0.05) is 0 Å². The van der Waals surface area contributed by atoms with E-state index in [9.17, 15) is 4.79 Å². The molecule has 3 rings (SSSR count). The van der Waals surface area contributed by atoms with Crippen LogP contribution in [0.3, 0.4) is 0 Å². The number of hydrogen-bond acceptors (Lipinski definition) is 2. The Labute approximate surface area is 82.9 Å². The van der Waals surface area contributed by atoms with Crippen LogP contribution in [0.5, 0.6) is 0 Å².